The Labute approximate surface area is 462 Å². The standard InChI is InChI=1S/2C33H30N2O5/c36-31(37)20-9-10-24-23(15-20)32(38)40-33(24)25-16-18-5-1-11-34-13-3-7-21(27(18)34)29(25)39-30-22-8-4-14-35-12-2-6-19(28(22)35)17-26(30)33;36-31(37)20-9-10-21-24(17-20)33(40-32(21)38)25-15-18-5-1-11-34-13-3-7-22(27(18)34)29(25)39-30-23-8-4-14-35-12-2-6-19(28(23)35)16-26(30)33/h2*9-10,15-17H,1-8,11-14H2,(H,36,37). The number of carbonyl (C=O) groups excluding carboxylic acids is 2. The zero-order chi connectivity index (χ0) is 53.5. The quantitative estimate of drug-likeness (QED) is 0.158. The Kier molecular flexibility index (Phi) is 9.83. The van der Waals surface area contributed by atoms with Crippen LogP contribution in [0.4, 0.5) is 22.7 Å². The molecule has 6 aromatic carbocycles. The van der Waals surface area contributed by atoms with Crippen LogP contribution in [0.25, 0.3) is 0 Å². The molecule has 0 saturated heterocycles. The summed E-state index contributed by atoms with van der Waals surface area (Å²) in [5.41, 5.74) is 18.7. The lowest BCUT2D eigenvalue weighted by Crippen LogP contribution is -2.40. The number of aryl methyl sites for hydroxylation is 4. The molecule has 0 radical (unpaired) electrons. The number of ether oxygens (including phenoxy) is 4. The number of carboxylic acid groups (broad SMARTS) is 2. The Hall–Kier alpha value is -8.00. The summed E-state index contributed by atoms with van der Waals surface area (Å²) in [6.45, 7) is 8.44. The van der Waals surface area contributed by atoms with Crippen LogP contribution in [0, 0.1) is 0 Å². The number of hydrogen-bond donors (Lipinski definition) is 2. The number of benzene rings is 6. The van der Waals surface area contributed by atoms with Gasteiger partial charge in [0.25, 0.3) is 0 Å². The molecule has 0 aromatic heterocycles. The summed E-state index contributed by atoms with van der Waals surface area (Å²) in [4.78, 5) is 61.3. The van der Waals surface area contributed by atoms with Crippen molar-refractivity contribution in [3.8, 4) is 23.0 Å². The van der Waals surface area contributed by atoms with E-state index in [4.69, 9.17) is 18.9 Å². The zero-order valence-electron chi connectivity index (χ0n) is 44.7. The van der Waals surface area contributed by atoms with Crippen LogP contribution in [0.1, 0.15) is 171 Å². The summed E-state index contributed by atoms with van der Waals surface area (Å²) in [6.07, 6.45) is 16.2. The fraction of sp³-hybridized carbons (Fsp3) is 0.394. The molecule has 18 rings (SSSR count). The Morgan fingerprint density at radius 1 is 0.375 bits per heavy atom. The molecule has 2 spiro atoms. The third kappa shape index (κ3) is 6.19. The molecule has 6 aromatic rings. The third-order valence-corrected chi connectivity index (χ3v) is 20.0. The molecule has 14 nitrogen and oxygen atoms in total. The summed E-state index contributed by atoms with van der Waals surface area (Å²) >= 11 is 0. The normalized spacial score (nSPS) is 20.6. The largest absolute Gasteiger partial charge is 0.478 e. The molecule has 0 saturated carbocycles. The number of nitrogens with zero attached hydrogens (tertiary/aromatic N) is 4. The van der Waals surface area contributed by atoms with E-state index in [-0.39, 0.29) is 11.1 Å². The van der Waals surface area contributed by atoms with Gasteiger partial charge in [0.15, 0.2) is 11.2 Å². The van der Waals surface area contributed by atoms with Crippen molar-refractivity contribution in [1.29, 1.82) is 0 Å². The molecule has 0 atom stereocenters. The van der Waals surface area contributed by atoms with Gasteiger partial charge in [0.1, 0.15) is 23.0 Å². The van der Waals surface area contributed by atoms with E-state index in [1.165, 1.54) is 79.4 Å². The van der Waals surface area contributed by atoms with Crippen molar-refractivity contribution in [2.45, 2.75) is 114 Å². The van der Waals surface area contributed by atoms with Gasteiger partial charge >= 0.3 is 23.9 Å². The molecule has 404 valence electrons. The van der Waals surface area contributed by atoms with Gasteiger partial charge in [-0.2, -0.15) is 0 Å². The van der Waals surface area contributed by atoms with Crippen LogP contribution in [-0.2, 0) is 72.0 Å². The number of esters is 2. The van der Waals surface area contributed by atoms with Gasteiger partial charge < -0.3 is 48.8 Å². The number of carbonyl (C=O) groups is 4. The van der Waals surface area contributed by atoms with Crippen LogP contribution >= 0.6 is 0 Å². The topological polar surface area (TPSA) is 159 Å². The predicted octanol–water partition coefficient (Wildman–Crippen LogP) is 10.7. The van der Waals surface area contributed by atoms with E-state index in [0.29, 0.717) is 16.7 Å². The summed E-state index contributed by atoms with van der Waals surface area (Å²) in [6, 6.07) is 18.6. The first-order chi connectivity index (χ1) is 39.1. The summed E-state index contributed by atoms with van der Waals surface area (Å²) < 4.78 is 27.3. The lowest BCUT2D eigenvalue weighted by molar-refractivity contribution is 0.0212. The van der Waals surface area contributed by atoms with Crippen molar-refractivity contribution in [2.24, 2.45) is 0 Å². The molecule has 12 aliphatic rings. The fourth-order valence-corrected chi connectivity index (χ4v) is 16.9. The second-order valence-electron chi connectivity index (χ2n) is 24.2. The van der Waals surface area contributed by atoms with E-state index in [0.717, 1.165) is 206 Å². The van der Waals surface area contributed by atoms with E-state index < -0.39 is 35.1 Å². The van der Waals surface area contributed by atoms with Crippen LogP contribution in [0.5, 0.6) is 23.0 Å². The van der Waals surface area contributed by atoms with E-state index in [1.54, 1.807) is 24.3 Å². The number of hydrogen-bond acceptors (Lipinski definition) is 12. The molecule has 0 fully saturated rings. The first-order valence-corrected chi connectivity index (χ1v) is 29.4. The van der Waals surface area contributed by atoms with Gasteiger partial charge in [-0.25, -0.2) is 19.2 Å². The first kappa shape index (κ1) is 46.9. The van der Waals surface area contributed by atoms with E-state index >= 15 is 0 Å². The van der Waals surface area contributed by atoms with Gasteiger partial charge in [-0.1, -0.05) is 6.07 Å². The van der Waals surface area contributed by atoms with Crippen LogP contribution in [0.15, 0.2) is 60.7 Å². The van der Waals surface area contributed by atoms with Crippen LogP contribution in [-0.4, -0.2) is 86.4 Å². The molecule has 14 heteroatoms. The highest BCUT2D eigenvalue weighted by atomic mass is 16.6. The number of aromatic carboxylic acids is 2. The summed E-state index contributed by atoms with van der Waals surface area (Å²) in [7, 11) is 0. The molecule has 12 aliphatic heterocycles. The van der Waals surface area contributed by atoms with Crippen molar-refractivity contribution in [2.75, 3.05) is 72.0 Å². The fourth-order valence-electron chi connectivity index (χ4n) is 16.9. The first-order valence-electron chi connectivity index (χ1n) is 29.4. The van der Waals surface area contributed by atoms with Crippen molar-refractivity contribution >= 4 is 46.6 Å². The Morgan fingerprint density at radius 2 is 0.700 bits per heavy atom. The second-order valence-corrected chi connectivity index (χ2v) is 24.2. The van der Waals surface area contributed by atoms with Gasteiger partial charge in [0.05, 0.1) is 22.3 Å². The Morgan fingerprint density at radius 3 is 1.07 bits per heavy atom. The van der Waals surface area contributed by atoms with Crippen molar-refractivity contribution in [3.05, 3.63) is 161 Å². The van der Waals surface area contributed by atoms with Crippen LogP contribution < -0.4 is 29.1 Å². The minimum atomic E-state index is -1.24. The minimum Gasteiger partial charge on any atom is -0.478 e. The maximum absolute atomic E-state index is 13.7. The van der Waals surface area contributed by atoms with Crippen LogP contribution in [0.3, 0.4) is 0 Å². The smallest absolute Gasteiger partial charge is 0.340 e. The monoisotopic (exact) mass is 1070 g/mol. The number of anilines is 4. The average molecular weight is 1070 g/mol. The molecular weight excluding hydrogens is 1010 g/mol. The molecule has 0 bridgehead atoms. The lowest BCUT2D eigenvalue weighted by atomic mass is 9.72. The van der Waals surface area contributed by atoms with Crippen LogP contribution in [0.2, 0.25) is 0 Å². The van der Waals surface area contributed by atoms with E-state index in [9.17, 15) is 29.4 Å². The van der Waals surface area contributed by atoms with Gasteiger partial charge in [0, 0.05) is 131 Å². The maximum atomic E-state index is 13.7. The molecule has 12 heterocycles. The number of fused-ring (bicyclic) bond motifs is 16. The van der Waals surface area contributed by atoms with Gasteiger partial charge in [-0.05, 0) is 180 Å². The van der Waals surface area contributed by atoms with E-state index in [1.807, 2.05) is 0 Å². The van der Waals surface area contributed by atoms with Gasteiger partial charge in [0.2, 0.25) is 0 Å². The van der Waals surface area contributed by atoms with Crippen molar-refractivity contribution in [1.82, 2.24) is 0 Å². The molecular formula is C66H60N4O10. The van der Waals surface area contributed by atoms with Crippen molar-refractivity contribution in [3.63, 3.8) is 0 Å². The molecule has 0 aliphatic carbocycles. The Balaban J connectivity index is 0.000000128. The van der Waals surface area contributed by atoms with Gasteiger partial charge in [-0.3, -0.25) is 0 Å². The molecule has 2 N–H and O–H groups in total. The maximum Gasteiger partial charge on any atom is 0.340 e. The highest BCUT2D eigenvalue weighted by molar-refractivity contribution is 6.01. The molecule has 0 amide bonds. The number of carboxylic acids is 2. The lowest BCUT2D eigenvalue weighted by Gasteiger charge is -2.45. The minimum absolute atomic E-state index is 0.0904. The average Bonchev–Trinajstić information content (AvgIpc) is 4.02. The summed E-state index contributed by atoms with van der Waals surface area (Å²) in [5, 5.41) is 19.7. The van der Waals surface area contributed by atoms with Crippen molar-refractivity contribution < 1.29 is 48.3 Å². The number of rotatable bonds is 2. The highest BCUT2D eigenvalue weighted by Crippen LogP contribution is 2.64. The zero-order valence-corrected chi connectivity index (χ0v) is 44.7. The summed E-state index contributed by atoms with van der Waals surface area (Å²) in [5.74, 6) is 0.338. The second kappa shape index (κ2) is 16.8. The van der Waals surface area contributed by atoms with Gasteiger partial charge in [-0.15, -0.1) is 0 Å². The highest BCUT2D eigenvalue weighted by Gasteiger charge is 2.58. The molecule has 80 heavy (non-hydrogen) atoms. The predicted molar refractivity (Wildman–Crippen MR) is 299 cm³/mol. The van der Waals surface area contributed by atoms with E-state index in [2.05, 4.69) is 43.9 Å². The SMILES string of the molecule is O=C(O)c1ccc2c(c1)C(=O)OC21c2cc3c4c(c2Oc2c1cc1c5c2CCCN5CCC1)CCCN4CCC3.O=C(O)c1ccc2c(c1)C1(OC2=O)c2cc3c4c(c2Oc2c1cc1c5c2CCCN5CCC1)CCCN4CCC3. The molecule has 0 unspecified atom stereocenters. The third-order valence-electron chi connectivity index (χ3n) is 20.0. The Bertz CT molecular complexity index is 3710.